The second-order valence-electron chi connectivity index (χ2n) is 5.50. The molecule has 0 bridgehead atoms. The van der Waals surface area contributed by atoms with E-state index in [1.807, 2.05) is 0 Å². The lowest BCUT2D eigenvalue weighted by Crippen LogP contribution is -2.21. The van der Waals surface area contributed by atoms with Gasteiger partial charge in [0.1, 0.15) is 0 Å². The van der Waals surface area contributed by atoms with Crippen LogP contribution in [0.3, 0.4) is 0 Å². The fourth-order valence-electron chi connectivity index (χ4n) is 2.41. The van der Waals surface area contributed by atoms with Gasteiger partial charge in [0.15, 0.2) is 11.6 Å². The molecular formula is C18H25N5O. The van der Waals surface area contributed by atoms with Crippen LogP contribution in [0.1, 0.15) is 32.8 Å². The smallest absolute Gasteiger partial charge is 0.225 e. The average molecular weight is 327 g/mol. The van der Waals surface area contributed by atoms with Crippen molar-refractivity contribution in [3.63, 3.8) is 0 Å². The highest BCUT2D eigenvalue weighted by Gasteiger charge is 2.07. The first-order valence-corrected chi connectivity index (χ1v) is 8.33. The molecule has 1 aromatic heterocycles. The molecule has 24 heavy (non-hydrogen) atoms. The lowest BCUT2D eigenvalue weighted by molar-refractivity contribution is -0.115. The van der Waals surface area contributed by atoms with Gasteiger partial charge in [0.25, 0.3) is 0 Å². The zero-order valence-corrected chi connectivity index (χ0v) is 14.8. The summed E-state index contributed by atoms with van der Waals surface area (Å²) in [5.74, 6) is 1.03. The number of rotatable bonds is 7. The summed E-state index contributed by atoms with van der Waals surface area (Å²) < 4.78 is 0. The van der Waals surface area contributed by atoms with Gasteiger partial charge >= 0.3 is 0 Å². The molecule has 0 aliphatic rings. The van der Waals surface area contributed by atoms with Gasteiger partial charge in [0, 0.05) is 30.9 Å². The van der Waals surface area contributed by atoms with Crippen LogP contribution in [0.25, 0.3) is 0 Å². The van der Waals surface area contributed by atoms with E-state index in [1.165, 1.54) is 5.69 Å². The van der Waals surface area contributed by atoms with E-state index in [9.17, 15) is 4.79 Å². The van der Waals surface area contributed by atoms with E-state index in [1.54, 1.807) is 19.1 Å². The van der Waals surface area contributed by atoms with Crippen molar-refractivity contribution < 1.29 is 4.79 Å². The molecule has 0 saturated heterocycles. The van der Waals surface area contributed by atoms with Crippen LogP contribution in [-0.4, -0.2) is 29.2 Å². The van der Waals surface area contributed by atoms with Gasteiger partial charge in [0.05, 0.1) is 0 Å². The third kappa shape index (κ3) is 4.44. The maximum atomic E-state index is 11.3. The summed E-state index contributed by atoms with van der Waals surface area (Å²) in [4.78, 5) is 13.6. The molecular weight excluding hydrogens is 302 g/mol. The lowest BCUT2D eigenvalue weighted by atomic mass is 10.1. The normalized spacial score (nSPS) is 10.3. The highest BCUT2D eigenvalue weighted by Crippen LogP contribution is 2.25. The Balaban J connectivity index is 2.09. The van der Waals surface area contributed by atoms with Crippen LogP contribution in [0.5, 0.6) is 0 Å². The highest BCUT2D eigenvalue weighted by molar-refractivity contribution is 5.89. The summed E-state index contributed by atoms with van der Waals surface area (Å²) in [6.45, 7) is 10.1. The summed E-state index contributed by atoms with van der Waals surface area (Å²) in [6, 6.07) is 9.86. The Morgan fingerprint density at radius 3 is 2.25 bits per heavy atom. The summed E-state index contributed by atoms with van der Waals surface area (Å²) in [6.07, 6.45) is 0.416. The Hall–Kier alpha value is -2.63. The van der Waals surface area contributed by atoms with Crippen LogP contribution in [0.4, 0.5) is 23.0 Å². The summed E-state index contributed by atoms with van der Waals surface area (Å²) in [5, 5.41) is 14.1. The van der Waals surface area contributed by atoms with Crippen molar-refractivity contribution >= 4 is 28.9 Å². The molecule has 1 heterocycles. The fourth-order valence-corrected chi connectivity index (χ4v) is 2.41. The van der Waals surface area contributed by atoms with Gasteiger partial charge < -0.3 is 15.5 Å². The second-order valence-corrected chi connectivity index (χ2v) is 5.50. The Morgan fingerprint density at radius 1 is 1.04 bits per heavy atom. The van der Waals surface area contributed by atoms with Gasteiger partial charge in [-0.15, -0.1) is 10.2 Å². The molecule has 6 nitrogen and oxygen atoms in total. The van der Waals surface area contributed by atoms with Crippen LogP contribution in [0.2, 0.25) is 0 Å². The number of hydrogen-bond acceptors (Lipinski definition) is 5. The Bertz CT molecular complexity index is 680. The predicted octanol–water partition coefficient (Wildman–Crippen LogP) is 3.72. The van der Waals surface area contributed by atoms with Crippen molar-refractivity contribution in [1.29, 1.82) is 0 Å². The molecule has 2 rings (SSSR count). The molecule has 2 aromatic rings. The molecule has 0 aliphatic heterocycles. The fraction of sp³-hybridized carbons (Fsp3) is 0.389. The second kappa shape index (κ2) is 8.29. The topological polar surface area (TPSA) is 70.2 Å². The van der Waals surface area contributed by atoms with E-state index in [0.29, 0.717) is 18.1 Å². The Morgan fingerprint density at radius 2 is 1.71 bits per heavy atom. The highest BCUT2D eigenvalue weighted by atomic mass is 16.1. The molecule has 0 fully saturated rings. The zero-order chi connectivity index (χ0) is 17.5. The number of nitrogens with one attached hydrogen (secondary N) is 2. The lowest BCUT2D eigenvalue weighted by Gasteiger charge is -2.22. The largest absolute Gasteiger partial charge is 0.372 e. The molecule has 2 N–H and O–H groups in total. The van der Waals surface area contributed by atoms with E-state index in [2.05, 4.69) is 64.7 Å². The number of nitrogens with zero attached hydrogens (tertiary/aromatic N) is 3. The van der Waals surface area contributed by atoms with Crippen LogP contribution in [-0.2, 0) is 4.79 Å². The summed E-state index contributed by atoms with van der Waals surface area (Å²) >= 11 is 0. The number of aromatic nitrogens is 2. The predicted molar refractivity (Wildman–Crippen MR) is 99.0 cm³/mol. The first kappa shape index (κ1) is 17.7. The quantitative estimate of drug-likeness (QED) is 0.811. The van der Waals surface area contributed by atoms with Gasteiger partial charge in [-0.1, -0.05) is 6.92 Å². The number of aryl methyl sites for hydroxylation is 1. The van der Waals surface area contributed by atoms with E-state index in [4.69, 9.17) is 0 Å². The van der Waals surface area contributed by atoms with Crippen LogP contribution in [0, 0.1) is 6.92 Å². The van der Waals surface area contributed by atoms with Gasteiger partial charge in [-0.2, -0.15) is 0 Å². The van der Waals surface area contributed by atoms with Crippen molar-refractivity contribution in [3.8, 4) is 0 Å². The summed E-state index contributed by atoms with van der Waals surface area (Å²) in [7, 11) is 0. The SMILES string of the molecule is CCC(=O)Nc1ccc(Nc2ccc(N(CC)CC)cc2C)nn1. The van der Waals surface area contributed by atoms with Crippen molar-refractivity contribution in [1.82, 2.24) is 10.2 Å². The maximum absolute atomic E-state index is 11.3. The van der Waals surface area contributed by atoms with Crippen LogP contribution >= 0.6 is 0 Å². The third-order valence-electron chi connectivity index (χ3n) is 3.85. The third-order valence-corrected chi connectivity index (χ3v) is 3.85. The average Bonchev–Trinajstić information content (AvgIpc) is 2.59. The molecule has 6 heteroatoms. The van der Waals surface area contributed by atoms with Gasteiger partial charge in [-0.05, 0) is 56.7 Å². The van der Waals surface area contributed by atoms with Crippen molar-refractivity contribution in [2.24, 2.45) is 0 Å². The van der Waals surface area contributed by atoms with Crippen LogP contribution < -0.4 is 15.5 Å². The molecule has 0 radical (unpaired) electrons. The number of anilines is 4. The number of carbonyl (C=O) groups is 1. The number of amides is 1. The standard InChI is InChI=1S/C18H25N5O/c1-5-18(24)20-17-11-10-16(21-22-17)19-15-9-8-14(12-13(15)4)23(6-2)7-3/h8-12H,5-7H2,1-4H3,(H,19,21)(H,20,22,24). The van der Waals surface area contributed by atoms with Crippen molar-refractivity contribution in [3.05, 3.63) is 35.9 Å². The number of benzene rings is 1. The molecule has 0 spiro atoms. The minimum absolute atomic E-state index is 0.0761. The number of hydrogen-bond donors (Lipinski definition) is 2. The molecule has 1 amide bonds. The molecule has 0 atom stereocenters. The Labute approximate surface area is 143 Å². The molecule has 0 aliphatic carbocycles. The molecule has 0 unspecified atom stereocenters. The van der Waals surface area contributed by atoms with Gasteiger partial charge in [-0.3, -0.25) is 4.79 Å². The van der Waals surface area contributed by atoms with E-state index >= 15 is 0 Å². The summed E-state index contributed by atoms with van der Waals surface area (Å²) in [5.41, 5.74) is 3.35. The van der Waals surface area contributed by atoms with E-state index in [-0.39, 0.29) is 5.91 Å². The monoisotopic (exact) mass is 327 g/mol. The molecule has 0 saturated carbocycles. The minimum Gasteiger partial charge on any atom is -0.372 e. The zero-order valence-electron chi connectivity index (χ0n) is 14.8. The van der Waals surface area contributed by atoms with E-state index < -0.39 is 0 Å². The molecule has 1 aromatic carbocycles. The number of carbonyl (C=O) groups excluding carboxylic acids is 1. The van der Waals surface area contributed by atoms with Gasteiger partial charge in [-0.25, -0.2) is 0 Å². The van der Waals surface area contributed by atoms with Gasteiger partial charge in [0.2, 0.25) is 5.91 Å². The van der Waals surface area contributed by atoms with E-state index in [0.717, 1.165) is 24.3 Å². The Kier molecular flexibility index (Phi) is 6.12. The first-order chi connectivity index (χ1) is 11.6. The molecule has 128 valence electrons. The minimum atomic E-state index is -0.0761. The van der Waals surface area contributed by atoms with Crippen LogP contribution in [0.15, 0.2) is 30.3 Å². The first-order valence-electron chi connectivity index (χ1n) is 8.33. The van der Waals surface area contributed by atoms with Crippen molar-refractivity contribution in [2.75, 3.05) is 28.6 Å². The maximum Gasteiger partial charge on any atom is 0.225 e. The van der Waals surface area contributed by atoms with Crippen molar-refractivity contribution in [2.45, 2.75) is 34.1 Å².